The predicted octanol–water partition coefficient (Wildman–Crippen LogP) is 2.43. The van der Waals surface area contributed by atoms with E-state index < -0.39 is 21.5 Å². The molecule has 0 saturated heterocycles. The molecule has 7 nitrogen and oxygen atoms in total. The molecule has 0 aliphatic rings. The van der Waals surface area contributed by atoms with Gasteiger partial charge in [-0.25, -0.2) is 13.1 Å². The molecule has 1 aromatic heterocycles. The van der Waals surface area contributed by atoms with E-state index in [1.807, 2.05) is 24.3 Å². The van der Waals surface area contributed by atoms with Gasteiger partial charge in [0.2, 0.25) is 5.09 Å². The number of carbonyl (C=O) groups excluding carboxylic acids is 1. The SMILES string of the molecule is COCc1ccc(CNC(=O)c2ccc(S(=O)(=O)NC(C)(C)C)o2)cc1. The molecule has 0 bridgehead atoms. The second kappa shape index (κ2) is 8.03. The average molecular weight is 380 g/mol. The molecule has 0 spiro atoms. The zero-order chi connectivity index (χ0) is 19.4. The Hall–Kier alpha value is -2.16. The van der Waals surface area contributed by atoms with E-state index in [9.17, 15) is 13.2 Å². The maximum atomic E-state index is 12.2. The lowest BCUT2D eigenvalue weighted by molar-refractivity contribution is 0.0918. The van der Waals surface area contributed by atoms with Crippen LogP contribution in [-0.2, 0) is 27.9 Å². The molecule has 2 aromatic rings. The van der Waals surface area contributed by atoms with Crippen molar-refractivity contribution in [2.24, 2.45) is 0 Å². The van der Waals surface area contributed by atoms with Crippen molar-refractivity contribution >= 4 is 15.9 Å². The summed E-state index contributed by atoms with van der Waals surface area (Å²) in [6.45, 7) is 5.99. The summed E-state index contributed by atoms with van der Waals surface area (Å²) in [6, 6.07) is 10.2. The van der Waals surface area contributed by atoms with Gasteiger partial charge in [-0.15, -0.1) is 0 Å². The van der Waals surface area contributed by atoms with Gasteiger partial charge in [0.15, 0.2) is 5.76 Å². The number of ether oxygens (including phenoxy) is 1. The maximum Gasteiger partial charge on any atom is 0.287 e. The van der Waals surface area contributed by atoms with Crippen molar-refractivity contribution in [3.8, 4) is 0 Å². The van der Waals surface area contributed by atoms with Gasteiger partial charge >= 0.3 is 0 Å². The fraction of sp³-hybridized carbons (Fsp3) is 0.389. The number of nitrogens with one attached hydrogen (secondary N) is 2. The van der Waals surface area contributed by atoms with Gasteiger partial charge in [-0.3, -0.25) is 4.79 Å². The van der Waals surface area contributed by atoms with E-state index in [0.717, 1.165) is 11.1 Å². The van der Waals surface area contributed by atoms with Crippen molar-refractivity contribution in [1.29, 1.82) is 0 Å². The highest BCUT2D eigenvalue weighted by Gasteiger charge is 2.26. The number of benzene rings is 1. The molecule has 0 unspecified atom stereocenters. The van der Waals surface area contributed by atoms with Gasteiger partial charge < -0.3 is 14.5 Å². The van der Waals surface area contributed by atoms with Crippen molar-refractivity contribution in [1.82, 2.24) is 10.0 Å². The number of amides is 1. The lowest BCUT2D eigenvalue weighted by Gasteiger charge is -2.18. The van der Waals surface area contributed by atoms with Crippen LogP contribution in [0.15, 0.2) is 45.9 Å². The molecule has 0 aliphatic heterocycles. The molecular weight excluding hydrogens is 356 g/mol. The summed E-state index contributed by atoms with van der Waals surface area (Å²) in [5.41, 5.74) is 1.30. The van der Waals surface area contributed by atoms with Crippen LogP contribution in [0.1, 0.15) is 42.5 Å². The second-order valence-corrected chi connectivity index (χ2v) is 8.52. The lowest BCUT2D eigenvalue weighted by Crippen LogP contribution is -2.40. The third-order valence-corrected chi connectivity index (χ3v) is 4.93. The largest absolute Gasteiger partial charge is 0.438 e. The van der Waals surface area contributed by atoms with Crippen LogP contribution in [0.4, 0.5) is 0 Å². The average Bonchev–Trinajstić information content (AvgIpc) is 3.03. The molecule has 0 atom stereocenters. The Bertz CT molecular complexity index is 848. The quantitative estimate of drug-likeness (QED) is 0.769. The minimum atomic E-state index is -3.82. The Balaban J connectivity index is 1.99. The van der Waals surface area contributed by atoms with Crippen molar-refractivity contribution in [2.75, 3.05) is 7.11 Å². The van der Waals surface area contributed by atoms with Crippen LogP contribution in [0.25, 0.3) is 0 Å². The topological polar surface area (TPSA) is 97.6 Å². The van der Waals surface area contributed by atoms with E-state index in [4.69, 9.17) is 9.15 Å². The van der Waals surface area contributed by atoms with Crippen LogP contribution in [-0.4, -0.2) is 27.0 Å². The number of hydrogen-bond donors (Lipinski definition) is 2. The Labute approximate surface area is 153 Å². The van der Waals surface area contributed by atoms with Gasteiger partial charge in [0, 0.05) is 19.2 Å². The molecule has 2 N–H and O–H groups in total. The number of sulfonamides is 1. The Morgan fingerprint density at radius 3 is 2.27 bits per heavy atom. The zero-order valence-corrected chi connectivity index (χ0v) is 16.1. The van der Waals surface area contributed by atoms with Gasteiger partial charge in [0.25, 0.3) is 15.9 Å². The predicted molar refractivity (Wildman–Crippen MR) is 97.1 cm³/mol. The highest BCUT2D eigenvalue weighted by atomic mass is 32.2. The third kappa shape index (κ3) is 5.69. The summed E-state index contributed by atoms with van der Waals surface area (Å²) in [5, 5.41) is 2.41. The fourth-order valence-electron chi connectivity index (χ4n) is 2.23. The number of methoxy groups -OCH3 is 1. The van der Waals surface area contributed by atoms with Gasteiger partial charge in [0.1, 0.15) is 0 Å². The Morgan fingerprint density at radius 1 is 1.08 bits per heavy atom. The molecule has 2 rings (SSSR count). The number of hydrogen-bond acceptors (Lipinski definition) is 5. The summed E-state index contributed by atoms with van der Waals surface area (Å²) in [5.74, 6) is -0.543. The summed E-state index contributed by atoms with van der Waals surface area (Å²) in [6.07, 6.45) is 0. The standard InChI is InChI=1S/C18H24N2O5S/c1-18(2,3)20-26(22,23)16-10-9-15(25-16)17(21)19-11-13-5-7-14(8-6-13)12-24-4/h5-10,20H,11-12H2,1-4H3,(H,19,21). The molecule has 26 heavy (non-hydrogen) atoms. The minimum Gasteiger partial charge on any atom is -0.438 e. The molecule has 0 radical (unpaired) electrons. The Kier molecular flexibility index (Phi) is 6.22. The molecule has 1 aromatic carbocycles. The smallest absolute Gasteiger partial charge is 0.287 e. The number of carbonyl (C=O) groups is 1. The van der Waals surface area contributed by atoms with Crippen molar-refractivity contribution in [3.63, 3.8) is 0 Å². The van der Waals surface area contributed by atoms with Gasteiger partial charge in [-0.05, 0) is 44.0 Å². The van der Waals surface area contributed by atoms with E-state index in [1.54, 1.807) is 27.9 Å². The summed E-state index contributed by atoms with van der Waals surface area (Å²) >= 11 is 0. The molecule has 0 aliphatic carbocycles. The van der Waals surface area contributed by atoms with Gasteiger partial charge in [-0.2, -0.15) is 0 Å². The molecule has 1 heterocycles. The summed E-state index contributed by atoms with van der Waals surface area (Å²) in [4.78, 5) is 12.2. The first-order chi connectivity index (χ1) is 12.1. The van der Waals surface area contributed by atoms with Crippen LogP contribution in [0, 0.1) is 0 Å². The first-order valence-electron chi connectivity index (χ1n) is 8.09. The van der Waals surface area contributed by atoms with Crippen LogP contribution in [0.2, 0.25) is 0 Å². The lowest BCUT2D eigenvalue weighted by atomic mass is 10.1. The second-order valence-electron chi connectivity index (χ2n) is 6.91. The van der Waals surface area contributed by atoms with E-state index in [2.05, 4.69) is 10.0 Å². The van der Waals surface area contributed by atoms with Crippen LogP contribution in [0.3, 0.4) is 0 Å². The van der Waals surface area contributed by atoms with Crippen molar-refractivity contribution < 1.29 is 22.4 Å². The van der Waals surface area contributed by atoms with Crippen molar-refractivity contribution in [3.05, 3.63) is 53.3 Å². The molecule has 1 amide bonds. The number of rotatable bonds is 7. The first kappa shape index (κ1) is 20.2. The zero-order valence-electron chi connectivity index (χ0n) is 15.3. The van der Waals surface area contributed by atoms with E-state index in [0.29, 0.717) is 13.2 Å². The molecule has 0 fully saturated rings. The highest BCUT2D eigenvalue weighted by molar-refractivity contribution is 7.89. The van der Waals surface area contributed by atoms with Crippen LogP contribution >= 0.6 is 0 Å². The first-order valence-corrected chi connectivity index (χ1v) is 9.58. The normalized spacial score (nSPS) is 12.2. The van der Waals surface area contributed by atoms with Gasteiger partial charge in [-0.1, -0.05) is 24.3 Å². The monoisotopic (exact) mass is 380 g/mol. The number of furan rings is 1. The third-order valence-electron chi connectivity index (χ3n) is 3.30. The van der Waals surface area contributed by atoms with Crippen LogP contribution in [0.5, 0.6) is 0 Å². The molecular formula is C18H24N2O5S. The summed E-state index contributed by atoms with van der Waals surface area (Å²) < 4.78 is 37.1. The van der Waals surface area contributed by atoms with Gasteiger partial charge in [0.05, 0.1) is 6.61 Å². The minimum absolute atomic E-state index is 0.0599. The molecule has 0 saturated carbocycles. The summed E-state index contributed by atoms with van der Waals surface area (Å²) in [7, 11) is -2.19. The van der Waals surface area contributed by atoms with E-state index >= 15 is 0 Å². The Morgan fingerprint density at radius 2 is 1.69 bits per heavy atom. The maximum absolute atomic E-state index is 12.2. The molecule has 142 valence electrons. The fourth-order valence-corrected chi connectivity index (χ4v) is 3.58. The van der Waals surface area contributed by atoms with Crippen LogP contribution < -0.4 is 10.0 Å². The van der Waals surface area contributed by atoms with Crippen molar-refractivity contribution in [2.45, 2.75) is 44.6 Å². The molecule has 8 heteroatoms. The highest BCUT2D eigenvalue weighted by Crippen LogP contribution is 2.16. The van der Waals surface area contributed by atoms with E-state index in [1.165, 1.54) is 12.1 Å². The van der Waals surface area contributed by atoms with E-state index in [-0.39, 0.29) is 10.9 Å².